The van der Waals surface area contributed by atoms with Crippen molar-refractivity contribution in [2.24, 2.45) is 10.9 Å². The molecule has 1 unspecified atom stereocenters. The van der Waals surface area contributed by atoms with Crippen molar-refractivity contribution in [3.05, 3.63) is 11.3 Å². The lowest BCUT2D eigenvalue weighted by molar-refractivity contribution is 0.585. The summed E-state index contributed by atoms with van der Waals surface area (Å²) in [5, 5.41) is 8.39. The van der Waals surface area contributed by atoms with E-state index in [1.165, 1.54) is 31.3 Å². The van der Waals surface area contributed by atoms with Crippen LogP contribution in [0, 0.1) is 11.3 Å². The van der Waals surface area contributed by atoms with Gasteiger partial charge in [-0.3, -0.25) is 0 Å². The smallest absolute Gasteiger partial charge is 0.0838 e. The van der Waals surface area contributed by atoms with Crippen molar-refractivity contribution >= 4 is 26.3 Å². The maximum absolute atomic E-state index is 8.39. The SMILES string of the molecule is CCC(C)CC(=N)C(N=C(C)Br)=C1CCCCCC1. The molecule has 1 N–H and O–H groups in total. The zero-order chi connectivity index (χ0) is 14.3. The molecule has 0 aromatic carbocycles. The molecule has 1 aliphatic rings. The fraction of sp³-hybridized carbons (Fsp3) is 0.750. The third kappa shape index (κ3) is 6.03. The summed E-state index contributed by atoms with van der Waals surface area (Å²) >= 11 is 3.43. The molecular formula is C16H27BrN2. The Bertz CT molecular complexity index is 355. The Hall–Kier alpha value is -0.440. The van der Waals surface area contributed by atoms with Crippen molar-refractivity contribution in [1.29, 1.82) is 5.41 Å². The van der Waals surface area contributed by atoms with E-state index in [4.69, 9.17) is 5.41 Å². The van der Waals surface area contributed by atoms with Crippen LogP contribution in [0.15, 0.2) is 16.3 Å². The van der Waals surface area contributed by atoms with Crippen LogP contribution < -0.4 is 0 Å². The molecule has 1 atom stereocenters. The van der Waals surface area contributed by atoms with Crippen LogP contribution in [0.2, 0.25) is 0 Å². The first kappa shape index (κ1) is 16.6. The van der Waals surface area contributed by atoms with Gasteiger partial charge in [0, 0.05) is 0 Å². The lowest BCUT2D eigenvalue weighted by atomic mass is 9.95. The van der Waals surface area contributed by atoms with E-state index in [1.54, 1.807) is 0 Å². The number of allylic oxidation sites excluding steroid dienone is 2. The predicted octanol–water partition coefficient (Wildman–Crippen LogP) is 5.86. The van der Waals surface area contributed by atoms with Gasteiger partial charge in [-0.1, -0.05) is 33.1 Å². The molecule has 0 aliphatic heterocycles. The molecule has 0 radical (unpaired) electrons. The van der Waals surface area contributed by atoms with Crippen LogP contribution in [-0.4, -0.2) is 10.3 Å². The Morgan fingerprint density at radius 2 is 1.84 bits per heavy atom. The minimum Gasteiger partial charge on any atom is -0.303 e. The summed E-state index contributed by atoms with van der Waals surface area (Å²) in [4.78, 5) is 4.62. The number of nitrogens with zero attached hydrogens (tertiary/aromatic N) is 1. The monoisotopic (exact) mass is 326 g/mol. The van der Waals surface area contributed by atoms with Gasteiger partial charge in [0.2, 0.25) is 0 Å². The van der Waals surface area contributed by atoms with Crippen molar-refractivity contribution in [2.75, 3.05) is 0 Å². The molecule has 1 aliphatic carbocycles. The first-order valence-electron chi connectivity index (χ1n) is 7.55. The van der Waals surface area contributed by atoms with Crippen LogP contribution in [0.25, 0.3) is 0 Å². The normalized spacial score (nSPS) is 18.9. The van der Waals surface area contributed by atoms with E-state index in [0.717, 1.165) is 41.7 Å². The van der Waals surface area contributed by atoms with Crippen molar-refractivity contribution in [1.82, 2.24) is 0 Å². The lowest BCUT2D eigenvalue weighted by Gasteiger charge is -2.14. The highest BCUT2D eigenvalue weighted by atomic mass is 79.9. The van der Waals surface area contributed by atoms with E-state index in [2.05, 4.69) is 34.8 Å². The molecule has 0 aromatic rings. The largest absolute Gasteiger partial charge is 0.303 e. The summed E-state index contributed by atoms with van der Waals surface area (Å²) in [7, 11) is 0. The second-order valence-corrected chi connectivity index (χ2v) is 6.82. The quantitative estimate of drug-likeness (QED) is 0.485. The van der Waals surface area contributed by atoms with E-state index >= 15 is 0 Å². The van der Waals surface area contributed by atoms with Gasteiger partial charge in [-0.2, -0.15) is 0 Å². The second-order valence-electron chi connectivity index (χ2n) is 5.67. The minimum atomic E-state index is 0.569. The molecule has 0 bridgehead atoms. The fourth-order valence-electron chi connectivity index (χ4n) is 2.50. The second kappa shape index (κ2) is 8.68. The van der Waals surface area contributed by atoms with E-state index in [1.807, 2.05) is 6.92 Å². The summed E-state index contributed by atoms with van der Waals surface area (Å²) in [6.07, 6.45) is 9.39. The van der Waals surface area contributed by atoms with Gasteiger partial charge in [0.1, 0.15) is 0 Å². The molecule has 0 heterocycles. The van der Waals surface area contributed by atoms with Crippen molar-refractivity contribution in [3.8, 4) is 0 Å². The number of halogens is 1. The molecule has 2 nitrogen and oxygen atoms in total. The van der Waals surface area contributed by atoms with Crippen LogP contribution in [0.4, 0.5) is 0 Å². The highest BCUT2D eigenvalue weighted by Gasteiger charge is 2.15. The van der Waals surface area contributed by atoms with Gasteiger partial charge in [-0.05, 0) is 66.4 Å². The van der Waals surface area contributed by atoms with Crippen molar-refractivity contribution in [2.45, 2.75) is 72.1 Å². The minimum absolute atomic E-state index is 0.569. The summed E-state index contributed by atoms with van der Waals surface area (Å²) in [6.45, 7) is 6.36. The third-order valence-corrected chi connectivity index (χ3v) is 4.02. The van der Waals surface area contributed by atoms with Gasteiger partial charge >= 0.3 is 0 Å². The van der Waals surface area contributed by atoms with Gasteiger partial charge in [-0.25, -0.2) is 4.99 Å². The van der Waals surface area contributed by atoms with E-state index in [9.17, 15) is 0 Å². The highest BCUT2D eigenvalue weighted by Crippen LogP contribution is 2.27. The third-order valence-electron chi connectivity index (χ3n) is 3.84. The Morgan fingerprint density at radius 3 is 2.32 bits per heavy atom. The summed E-state index contributed by atoms with van der Waals surface area (Å²) in [6, 6.07) is 0. The Kier molecular flexibility index (Phi) is 7.59. The van der Waals surface area contributed by atoms with Crippen LogP contribution in [0.3, 0.4) is 0 Å². The molecule has 0 spiro atoms. The average Bonchev–Trinajstić information content (AvgIpc) is 2.64. The first-order valence-corrected chi connectivity index (χ1v) is 8.34. The fourth-order valence-corrected chi connectivity index (χ4v) is 2.67. The number of hydrogen-bond donors (Lipinski definition) is 1. The Labute approximate surface area is 126 Å². The molecule has 1 fully saturated rings. The van der Waals surface area contributed by atoms with E-state index in [-0.39, 0.29) is 0 Å². The first-order chi connectivity index (χ1) is 9.04. The van der Waals surface area contributed by atoms with E-state index < -0.39 is 0 Å². The molecular weight excluding hydrogens is 300 g/mol. The summed E-state index contributed by atoms with van der Waals surface area (Å²) in [5.41, 5.74) is 3.10. The van der Waals surface area contributed by atoms with Gasteiger partial charge in [0.05, 0.1) is 16.0 Å². The highest BCUT2D eigenvalue weighted by molar-refractivity contribution is 9.18. The molecule has 0 aromatic heterocycles. The topological polar surface area (TPSA) is 36.2 Å². The number of hydrogen-bond acceptors (Lipinski definition) is 2. The predicted molar refractivity (Wildman–Crippen MR) is 88.6 cm³/mol. The number of rotatable bonds is 5. The molecule has 3 heteroatoms. The van der Waals surface area contributed by atoms with Gasteiger partial charge in [-0.15, -0.1) is 0 Å². The van der Waals surface area contributed by atoms with E-state index in [0.29, 0.717) is 5.92 Å². The van der Waals surface area contributed by atoms with Gasteiger partial charge in [0.15, 0.2) is 0 Å². The van der Waals surface area contributed by atoms with Gasteiger partial charge in [0.25, 0.3) is 0 Å². The van der Waals surface area contributed by atoms with Crippen LogP contribution in [0.5, 0.6) is 0 Å². The average molecular weight is 327 g/mol. The molecule has 19 heavy (non-hydrogen) atoms. The molecule has 0 saturated heterocycles. The Balaban J connectivity index is 2.95. The molecule has 108 valence electrons. The Morgan fingerprint density at radius 1 is 1.26 bits per heavy atom. The lowest BCUT2D eigenvalue weighted by Crippen LogP contribution is -2.09. The number of aliphatic imine (C=N–C) groups is 1. The van der Waals surface area contributed by atoms with Crippen LogP contribution in [0.1, 0.15) is 72.1 Å². The number of nitrogens with one attached hydrogen (secondary N) is 1. The van der Waals surface area contributed by atoms with Crippen LogP contribution >= 0.6 is 15.9 Å². The molecule has 0 amide bonds. The molecule has 1 saturated carbocycles. The summed E-state index contributed by atoms with van der Waals surface area (Å²) < 4.78 is 0.883. The standard InChI is InChI=1S/C16H27BrN2/c1-4-12(2)11-15(18)16(19-13(3)17)14-9-7-5-6-8-10-14/h12,18H,4-11H2,1-3H3. The van der Waals surface area contributed by atoms with Crippen molar-refractivity contribution < 1.29 is 0 Å². The zero-order valence-electron chi connectivity index (χ0n) is 12.6. The maximum atomic E-state index is 8.39. The van der Waals surface area contributed by atoms with Gasteiger partial charge < -0.3 is 5.41 Å². The zero-order valence-corrected chi connectivity index (χ0v) is 14.1. The van der Waals surface area contributed by atoms with Crippen LogP contribution in [-0.2, 0) is 0 Å². The molecule has 1 rings (SSSR count). The summed E-state index contributed by atoms with van der Waals surface area (Å²) in [5.74, 6) is 0.569. The maximum Gasteiger partial charge on any atom is 0.0838 e. The van der Waals surface area contributed by atoms with Crippen molar-refractivity contribution in [3.63, 3.8) is 0 Å².